The average Bonchev–Trinajstić information content (AvgIpc) is 2.99. The van der Waals surface area contributed by atoms with Crippen LogP contribution in [0, 0.1) is 0 Å². The number of nitrogens with one attached hydrogen (secondary N) is 1. The minimum Gasteiger partial charge on any atom is -0.378 e. The summed E-state index contributed by atoms with van der Waals surface area (Å²) < 4.78 is 11.1. The number of nitrogens with zero attached hydrogens (tertiary/aromatic N) is 1. The lowest BCUT2D eigenvalue weighted by molar-refractivity contribution is -0.0159. The van der Waals surface area contributed by atoms with Crippen molar-refractivity contribution in [3.8, 4) is 0 Å². The van der Waals surface area contributed by atoms with Crippen LogP contribution in [0.3, 0.4) is 0 Å². The summed E-state index contributed by atoms with van der Waals surface area (Å²) >= 11 is 6.21. The first kappa shape index (κ1) is 14.7. The van der Waals surface area contributed by atoms with E-state index >= 15 is 0 Å². The van der Waals surface area contributed by atoms with E-state index in [9.17, 15) is 0 Å². The predicted octanol–water partition coefficient (Wildman–Crippen LogP) is 2.78. The largest absolute Gasteiger partial charge is 0.378 e. The van der Waals surface area contributed by atoms with Crippen molar-refractivity contribution in [2.24, 2.45) is 0 Å². The summed E-state index contributed by atoms with van der Waals surface area (Å²) in [6.45, 7) is 2.91. The summed E-state index contributed by atoms with van der Waals surface area (Å²) in [5.41, 5.74) is 1.89. The van der Waals surface area contributed by atoms with Crippen LogP contribution in [0.25, 0.3) is 10.9 Å². The Bertz CT molecular complexity index is 627. The Kier molecular flexibility index (Phi) is 4.40. The van der Waals surface area contributed by atoms with Crippen LogP contribution in [0.1, 0.15) is 12.0 Å². The number of methoxy groups -OCH3 is 1. The molecule has 0 aliphatic carbocycles. The zero-order valence-corrected chi connectivity index (χ0v) is 12.8. The molecule has 0 saturated carbocycles. The van der Waals surface area contributed by atoms with E-state index in [1.54, 1.807) is 13.3 Å². The van der Waals surface area contributed by atoms with E-state index in [4.69, 9.17) is 21.1 Å². The van der Waals surface area contributed by atoms with Gasteiger partial charge in [0.1, 0.15) is 5.60 Å². The van der Waals surface area contributed by atoms with Gasteiger partial charge in [0.05, 0.1) is 12.1 Å². The molecule has 21 heavy (non-hydrogen) atoms. The summed E-state index contributed by atoms with van der Waals surface area (Å²) in [7, 11) is 1.75. The first-order valence-electron chi connectivity index (χ1n) is 7.10. The Balaban J connectivity index is 1.72. The highest BCUT2D eigenvalue weighted by molar-refractivity contribution is 6.35. The minimum absolute atomic E-state index is 0.199. The number of hydrogen-bond acceptors (Lipinski definition) is 4. The molecule has 1 fully saturated rings. The molecule has 0 radical (unpaired) electrons. The number of rotatable bonds is 5. The van der Waals surface area contributed by atoms with Gasteiger partial charge in [-0.25, -0.2) is 0 Å². The normalized spacial score (nSPS) is 22.0. The lowest BCUT2D eigenvalue weighted by atomic mass is 10.0. The molecule has 5 heteroatoms. The summed E-state index contributed by atoms with van der Waals surface area (Å²) in [5.74, 6) is 0. The molecule has 1 aromatic heterocycles. The van der Waals surface area contributed by atoms with Gasteiger partial charge in [0.25, 0.3) is 0 Å². The quantitative estimate of drug-likeness (QED) is 0.922. The zero-order valence-electron chi connectivity index (χ0n) is 12.1. The van der Waals surface area contributed by atoms with Crippen molar-refractivity contribution in [1.82, 2.24) is 10.3 Å². The summed E-state index contributed by atoms with van der Waals surface area (Å²) in [6, 6.07) is 7.85. The SMILES string of the molecule is COC1(CNCc2ccc(Cl)c3cccnc23)CCOC1. The van der Waals surface area contributed by atoms with Gasteiger partial charge in [0.2, 0.25) is 0 Å². The lowest BCUT2D eigenvalue weighted by Gasteiger charge is -2.26. The standard InChI is InChI=1S/C16H19ClN2O2/c1-20-16(6-8-21-11-16)10-18-9-12-4-5-14(17)13-3-2-7-19-15(12)13/h2-5,7,18H,6,8-11H2,1H3. The molecule has 2 heterocycles. The van der Waals surface area contributed by atoms with Crippen molar-refractivity contribution in [1.29, 1.82) is 0 Å². The van der Waals surface area contributed by atoms with Crippen molar-refractivity contribution < 1.29 is 9.47 Å². The van der Waals surface area contributed by atoms with Crippen LogP contribution < -0.4 is 5.32 Å². The number of fused-ring (bicyclic) bond motifs is 1. The van der Waals surface area contributed by atoms with Crippen LogP contribution in [0.15, 0.2) is 30.5 Å². The lowest BCUT2D eigenvalue weighted by Crippen LogP contribution is -2.42. The van der Waals surface area contributed by atoms with Gasteiger partial charge in [-0.2, -0.15) is 0 Å². The number of hydrogen-bond donors (Lipinski definition) is 1. The second-order valence-electron chi connectivity index (χ2n) is 5.40. The molecule has 0 amide bonds. The first-order chi connectivity index (χ1) is 10.2. The fraction of sp³-hybridized carbons (Fsp3) is 0.438. The number of pyridine rings is 1. The van der Waals surface area contributed by atoms with Crippen LogP contribution >= 0.6 is 11.6 Å². The molecule has 1 aliphatic heterocycles. The van der Waals surface area contributed by atoms with Gasteiger partial charge in [0.15, 0.2) is 0 Å². The molecule has 1 saturated heterocycles. The third kappa shape index (κ3) is 3.04. The molecule has 2 aromatic rings. The Morgan fingerprint density at radius 2 is 2.33 bits per heavy atom. The molecule has 1 atom stereocenters. The van der Waals surface area contributed by atoms with E-state index in [0.717, 1.165) is 47.6 Å². The highest BCUT2D eigenvalue weighted by Crippen LogP contribution is 2.25. The van der Waals surface area contributed by atoms with Crippen LogP contribution in [0.5, 0.6) is 0 Å². The number of halogens is 1. The van der Waals surface area contributed by atoms with E-state index in [0.29, 0.717) is 6.61 Å². The third-order valence-electron chi connectivity index (χ3n) is 4.06. The molecular formula is C16H19ClN2O2. The molecule has 112 valence electrons. The zero-order chi connectivity index (χ0) is 14.7. The molecule has 1 unspecified atom stereocenters. The second kappa shape index (κ2) is 6.28. The van der Waals surface area contributed by atoms with Gasteiger partial charge in [-0.15, -0.1) is 0 Å². The van der Waals surface area contributed by atoms with Gasteiger partial charge in [0, 0.05) is 49.8 Å². The van der Waals surface area contributed by atoms with Gasteiger partial charge < -0.3 is 14.8 Å². The molecule has 0 spiro atoms. The van der Waals surface area contributed by atoms with E-state index < -0.39 is 0 Å². The van der Waals surface area contributed by atoms with E-state index in [-0.39, 0.29) is 5.60 Å². The molecule has 0 bridgehead atoms. The molecule has 3 rings (SSSR count). The average molecular weight is 307 g/mol. The van der Waals surface area contributed by atoms with E-state index in [1.165, 1.54) is 0 Å². The Morgan fingerprint density at radius 3 is 3.10 bits per heavy atom. The maximum atomic E-state index is 6.21. The Labute approximate surface area is 129 Å². The fourth-order valence-electron chi connectivity index (χ4n) is 2.73. The topological polar surface area (TPSA) is 43.4 Å². The van der Waals surface area contributed by atoms with Gasteiger partial charge in [-0.05, 0) is 23.8 Å². The molecule has 4 nitrogen and oxygen atoms in total. The van der Waals surface area contributed by atoms with Crippen molar-refractivity contribution in [3.05, 3.63) is 41.0 Å². The Morgan fingerprint density at radius 1 is 1.43 bits per heavy atom. The summed E-state index contributed by atoms with van der Waals surface area (Å²) in [4.78, 5) is 4.45. The monoisotopic (exact) mass is 306 g/mol. The Hall–Kier alpha value is -1.20. The van der Waals surface area contributed by atoms with Gasteiger partial charge in [-0.3, -0.25) is 4.98 Å². The van der Waals surface area contributed by atoms with E-state index in [1.807, 2.05) is 24.3 Å². The molecule has 1 aliphatic rings. The third-order valence-corrected chi connectivity index (χ3v) is 4.39. The predicted molar refractivity (Wildman–Crippen MR) is 83.6 cm³/mol. The van der Waals surface area contributed by atoms with Gasteiger partial charge >= 0.3 is 0 Å². The molecule has 1 aromatic carbocycles. The van der Waals surface area contributed by atoms with Crippen LogP contribution in [-0.4, -0.2) is 37.5 Å². The smallest absolute Gasteiger partial charge is 0.106 e. The van der Waals surface area contributed by atoms with Crippen LogP contribution in [-0.2, 0) is 16.0 Å². The first-order valence-corrected chi connectivity index (χ1v) is 7.48. The maximum absolute atomic E-state index is 6.21. The number of aromatic nitrogens is 1. The fourth-order valence-corrected chi connectivity index (χ4v) is 2.94. The summed E-state index contributed by atoms with van der Waals surface area (Å²) in [6.07, 6.45) is 2.72. The highest BCUT2D eigenvalue weighted by atomic mass is 35.5. The minimum atomic E-state index is -0.199. The number of benzene rings is 1. The van der Waals surface area contributed by atoms with Crippen molar-refractivity contribution in [2.75, 3.05) is 26.9 Å². The van der Waals surface area contributed by atoms with E-state index in [2.05, 4.69) is 10.3 Å². The number of ether oxygens (including phenoxy) is 2. The van der Waals surface area contributed by atoms with Crippen molar-refractivity contribution in [2.45, 2.75) is 18.6 Å². The molecule has 1 N–H and O–H groups in total. The second-order valence-corrected chi connectivity index (χ2v) is 5.81. The van der Waals surface area contributed by atoms with Crippen molar-refractivity contribution in [3.63, 3.8) is 0 Å². The maximum Gasteiger partial charge on any atom is 0.106 e. The molecular weight excluding hydrogens is 288 g/mol. The van der Waals surface area contributed by atoms with Crippen LogP contribution in [0.2, 0.25) is 5.02 Å². The van der Waals surface area contributed by atoms with Crippen LogP contribution in [0.4, 0.5) is 0 Å². The highest BCUT2D eigenvalue weighted by Gasteiger charge is 2.34. The van der Waals surface area contributed by atoms with Gasteiger partial charge in [-0.1, -0.05) is 17.7 Å². The van der Waals surface area contributed by atoms with Crippen molar-refractivity contribution >= 4 is 22.5 Å². The summed E-state index contributed by atoms with van der Waals surface area (Å²) in [5, 5.41) is 5.18.